The summed E-state index contributed by atoms with van der Waals surface area (Å²) >= 11 is 0. The van der Waals surface area contributed by atoms with E-state index in [1.54, 1.807) is 0 Å². The van der Waals surface area contributed by atoms with Gasteiger partial charge in [-0.05, 0) is 51.5 Å². The van der Waals surface area contributed by atoms with E-state index in [0.29, 0.717) is 16.6 Å². The number of aromatic nitrogens is 3. The van der Waals surface area contributed by atoms with E-state index in [1.807, 2.05) is 18.5 Å². The Morgan fingerprint density at radius 3 is 2.12 bits per heavy atom. The number of nitrogens with one attached hydrogen (secondary N) is 1. The van der Waals surface area contributed by atoms with Crippen LogP contribution in [0.4, 0.5) is 5.82 Å². The largest absolute Gasteiger partial charge is 0.366 e. The summed E-state index contributed by atoms with van der Waals surface area (Å²) in [5.41, 5.74) is 6.82. The Morgan fingerprint density at radius 2 is 1.50 bits per heavy atom. The number of nitrogens with zero attached hydrogens (tertiary/aromatic N) is 3. The van der Waals surface area contributed by atoms with Crippen LogP contribution in [0.25, 0.3) is 11.0 Å². The van der Waals surface area contributed by atoms with Gasteiger partial charge in [-0.1, -0.05) is 77.9 Å². The number of benzene rings is 1. The van der Waals surface area contributed by atoms with Crippen LogP contribution in [0.3, 0.4) is 0 Å². The molecule has 3 aromatic heterocycles. The van der Waals surface area contributed by atoms with Gasteiger partial charge < -0.3 is 9.55 Å². The molecule has 0 fully saturated rings. The first-order valence-corrected chi connectivity index (χ1v) is 14.7. The molecule has 0 amide bonds. The minimum Gasteiger partial charge on any atom is -0.366 e. The number of hydrogen-bond donors (Lipinski definition) is 1. The maximum Gasteiger partial charge on any atom is 0.171 e. The minimum absolute atomic E-state index is 0.620. The maximum atomic E-state index is 4.90. The summed E-state index contributed by atoms with van der Waals surface area (Å²) in [7, 11) is -1.89. The first-order valence-electron chi connectivity index (χ1n) is 12.5. The van der Waals surface area contributed by atoms with Crippen LogP contribution in [0.5, 0.6) is 0 Å². The van der Waals surface area contributed by atoms with Gasteiger partial charge in [0.05, 0.1) is 0 Å². The molecule has 1 aromatic carbocycles. The Labute approximate surface area is 205 Å². The SMILES string of the molecule is CC(C)[Si](C(C)C)(C(C)C)n1cc(Cc2ccc(NCc3ccccc3)nc2)c2cccnc21. The fraction of sp³-hybridized carbons (Fsp3) is 0.379. The maximum absolute atomic E-state index is 4.90. The predicted octanol–water partition coefficient (Wildman–Crippen LogP) is 7.66. The summed E-state index contributed by atoms with van der Waals surface area (Å²) in [5.74, 6) is 0.905. The van der Waals surface area contributed by atoms with Crippen LogP contribution in [0.2, 0.25) is 16.6 Å². The Bertz CT molecular complexity index is 1190. The third-order valence-corrected chi connectivity index (χ3v) is 14.1. The fourth-order valence-electron chi connectivity index (χ4n) is 6.04. The molecular weight excluding hydrogens is 432 g/mol. The lowest BCUT2D eigenvalue weighted by molar-refractivity contribution is 0.769. The first-order chi connectivity index (χ1) is 16.3. The molecule has 4 rings (SSSR count). The molecule has 0 saturated heterocycles. The van der Waals surface area contributed by atoms with E-state index in [-0.39, 0.29) is 0 Å². The molecule has 0 saturated carbocycles. The molecule has 178 valence electrons. The van der Waals surface area contributed by atoms with Gasteiger partial charge in [-0.3, -0.25) is 0 Å². The van der Waals surface area contributed by atoms with Gasteiger partial charge in [0, 0.05) is 36.9 Å². The highest BCUT2D eigenvalue weighted by Gasteiger charge is 2.46. The molecule has 0 aliphatic carbocycles. The molecular formula is C29H38N4Si. The van der Waals surface area contributed by atoms with Crippen molar-refractivity contribution < 1.29 is 0 Å². The second kappa shape index (κ2) is 10.1. The molecule has 3 heterocycles. The number of pyridine rings is 2. The van der Waals surface area contributed by atoms with E-state index in [2.05, 4.69) is 111 Å². The summed E-state index contributed by atoms with van der Waals surface area (Å²) in [6, 6.07) is 19.0. The molecule has 1 N–H and O–H groups in total. The molecule has 34 heavy (non-hydrogen) atoms. The summed E-state index contributed by atoms with van der Waals surface area (Å²) < 4.78 is 2.63. The van der Waals surface area contributed by atoms with Gasteiger partial charge in [0.1, 0.15) is 11.5 Å². The van der Waals surface area contributed by atoms with Crippen molar-refractivity contribution in [3.05, 3.63) is 89.9 Å². The van der Waals surface area contributed by atoms with Gasteiger partial charge in [-0.25, -0.2) is 9.97 Å². The Hall–Kier alpha value is -2.92. The molecule has 5 heteroatoms. The topological polar surface area (TPSA) is 42.7 Å². The lowest BCUT2D eigenvalue weighted by Gasteiger charge is -2.44. The molecule has 0 bridgehead atoms. The Morgan fingerprint density at radius 1 is 0.794 bits per heavy atom. The van der Waals surface area contributed by atoms with Crippen molar-refractivity contribution in [2.75, 3.05) is 5.32 Å². The van der Waals surface area contributed by atoms with E-state index in [0.717, 1.165) is 24.4 Å². The van der Waals surface area contributed by atoms with Gasteiger partial charge in [0.15, 0.2) is 8.24 Å². The predicted molar refractivity (Wildman–Crippen MR) is 147 cm³/mol. The average Bonchev–Trinajstić information content (AvgIpc) is 3.17. The lowest BCUT2D eigenvalue weighted by atomic mass is 10.1. The first kappa shape index (κ1) is 24.2. The molecule has 4 nitrogen and oxygen atoms in total. The summed E-state index contributed by atoms with van der Waals surface area (Å²) in [5, 5.41) is 4.69. The van der Waals surface area contributed by atoms with Gasteiger partial charge in [-0.15, -0.1) is 0 Å². The minimum atomic E-state index is -1.89. The average molecular weight is 471 g/mol. The third kappa shape index (κ3) is 4.54. The molecule has 0 unspecified atom stereocenters. The zero-order valence-electron chi connectivity index (χ0n) is 21.4. The quantitative estimate of drug-likeness (QED) is 0.255. The highest BCUT2D eigenvalue weighted by atomic mass is 28.3. The van der Waals surface area contributed by atoms with Crippen LogP contribution in [0.15, 0.2) is 73.2 Å². The fourth-order valence-corrected chi connectivity index (χ4v) is 12.6. The molecule has 4 aromatic rings. The van der Waals surface area contributed by atoms with Crippen LogP contribution < -0.4 is 5.32 Å². The normalized spacial score (nSPS) is 12.3. The van der Waals surface area contributed by atoms with E-state index in [9.17, 15) is 0 Å². The number of anilines is 1. The van der Waals surface area contributed by atoms with Gasteiger partial charge >= 0.3 is 0 Å². The molecule has 0 atom stereocenters. The second-order valence-electron chi connectivity index (χ2n) is 10.3. The van der Waals surface area contributed by atoms with Gasteiger partial charge in [0.25, 0.3) is 0 Å². The number of hydrogen-bond acceptors (Lipinski definition) is 3. The van der Waals surface area contributed by atoms with E-state index in [1.165, 1.54) is 22.1 Å². The Kier molecular flexibility index (Phi) is 7.22. The monoisotopic (exact) mass is 470 g/mol. The summed E-state index contributed by atoms with van der Waals surface area (Å²) in [4.78, 5) is 9.58. The van der Waals surface area contributed by atoms with Crippen LogP contribution in [-0.4, -0.2) is 22.4 Å². The summed E-state index contributed by atoms with van der Waals surface area (Å²) in [6.07, 6.45) is 7.23. The second-order valence-corrected chi connectivity index (χ2v) is 16.0. The van der Waals surface area contributed by atoms with Gasteiger partial charge in [0.2, 0.25) is 0 Å². The van der Waals surface area contributed by atoms with Crippen molar-refractivity contribution in [3.63, 3.8) is 0 Å². The zero-order chi connectivity index (χ0) is 24.3. The number of rotatable bonds is 9. The van der Waals surface area contributed by atoms with Crippen molar-refractivity contribution in [1.82, 2.24) is 14.2 Å². The highest BCUT2D eigenvalue weighted by Crippen LogP contribution is 2.44. The van der Waals surface area contributed by atoms with E-state index < -0.39 is 8.24 Å². The van der Waals surface area contributed by atoms with Crippen LogP contribution in [0.1, 0.15) is 58.2 Å². The van der Waals surface area contributed by atoms with Crippen LogP contribution in [-0.2, 0) is 13.0 Å². The van der Waals surface area contributed by atoms with Crippen molar-refractivity contribution in [3.8, 4) is 0 Å². The molecule has 0 spiro atoms. The smallest absolute Gasteiger partial charge is 0.171 e. The van der Waals surface area contributed by atoms with Crippen LogP contribution >= 0.6 is 0 Å². The lowest BCUT2D eigenvalue weighted by Crippen LogP contribution is -2.51. The molecule has 0 radical (unpaired) electrons. The number of fused-ring (bicyclic) bond motifs is 1. The van der Waals surface area contributed by atoms with Crippen molar-refractivity contribution >= 4 is 25.1 Å². The zero-order valence-corrected chi connectivity index (χ0v) is 22.4. The Balaban J connectivity index is 1.63. The van der Waals surface area contributed by atoms with Crippen molar-refractivity contribution in [2.45, 2.75) is 71.1 Å². The van der Waals surface area contributed by atoms with E-state index >= 15 is 0 Å². The third-order valence-electron chi connectivity index (χ3n) is 7.37. The molecule has 0 aliphatic heterocycles. The highest BCUT2D eigenvalue weighted by molar-refractivity contribution is 6.82. The van der Waals surface area contributed by atoms with Gasteiger partial charge in [-0.2, -0.15) is 0 Å². The van der Waals surface area contributed by atoms with Crippen molar-refractivity contribution in [2.24, 2.45) is 0 Å². The van der Waals surface area contributed by atoms with Crippen LogP contribution in [0, 0.1) is 0 Å². The van der Waals surface area contributed by atoms with Crippen molar-refractivity contribution in [1.29, 1.82) is 0 Å². The summed E-state index contributed by atoms with van der Waals surface area (Å²) in [6.45, 7) is 15.2. The van der Waals surface area contributed by atoms with E-state index in [4.69, 9.17) is 4.98 Å². The standard InChI is InChI=1S/C29H38N4Si/c1-21(2)34(22(3)4,23(5)6)33-20-26(27-13-10-16-30-29(27)33)17-25-14-15-28(32-19-25)31-18-24-11-8-7-9-12-24/h7-16,19-23H,17-18H2,1-6H3,(H,31,32). The molecule has 0 aliphatic rings.